The van der Waals surface area contributed by atoms with Gasteiger partial charge in [-0.3, -0.25) is 0 Å². The minimum atomic E-state index is 0.0607. The van der Waals surface area contributed by atoms with Crippen LogP contribution in [-0.2, 0) is 4.74 Å². The lowest BCUT2D eigenvalue weighted by Gasteiger charge is -2.19. The van der Waals surface area contributed by atoms with Crippen LogP contribution in [0.25, 0.3) is 0 Å². The predicted molar refractivity (Wildman–Crippen MR) is 49.7 cm³/mol. The molecule has 0 saturated carbocycles. The van der Waals surface area contributed by atoms with Crippen LogP contribution >= 0.6 is 0 Å². The molecule has 0 atom stereocenters. The molecule has 1 nitrogen and oxygen atoms in total. The third-order valence-corrected chi connectivity index (χ3v) is 1.99. The summed E-state index contributed by atoms with van der Waals surface area (Å²) in [4.78, 5) is 0. The molecule has 0 heterocycles. The molecular formula is C8H20OSi. The fourth-order valence-electron chi connectivity index (χ4n) is 0.730. The minimum Gasteiger partial charge on any atom is -0.376 e. The Morgan fingerprint density at radius 1 is 1.20 bits per heavy atom. The number of hydrogen-bond acceptors (Lipinski definition) is 1. The van der Waals surface area contributed by atoms with E-state index in [-0.39, 0.29) is 5.60 Å². The first-order valence-corrected chi connectivity index (χ1v) is 5.61. The molecule has 2 heteroatoms. The predicted octanol–water partition coefficient (Wildman–Crippen LogP) is 1.37. The van der Waals surface area contributed by atoms with Crippen LogP contribution in [0, 0.1) is 0 Å². The molecule has 0 rings (SSSR count). The quantitative estimate of drug-likeness (QED) is 0.446. The van der Waals surface area contributed by atoms with Gasteiger partial charge in [0.1, 0.15) is 0 Å². The number of unbranched alkanes of at least 4 members (excludes halogenated alkanes) is 1. The Labute approximate surface area is 67.6 Å². The molecule has 0 radical (unpaired) electrons. The summed E-state index contributed by atoms with van der Waals surface area (Å²) in [6.45, 7) is 7.25. The third kappa shape index (κ3) is 8.18. The van der Waals surface area contributed by atoms with Crippen molar-refractivity contribution in [1.82, 2.24) is 0 Å². The van der Waals surface area contributed by atoms with Gasteiger partial charge in [0.25, 0.3) is 0 Å². The van der Waals surface area contributed by atoms with E-state index in [1.807, 2.05) is 0 Å². The normalized spacial score (nSPS) is 12.3. The van der Waals surface area contributed by atoms with Gasteiger partial charge in [-0.05, 0) is 27.2 Å². The molecule has 0 aliphatic carbocycles. The van der Waals surface area contributed by atoms with Gasteiger partial charge in [-0.15, -0.1) is 0 Å². The van der Waals surface area contributed by atoms with Gasteiger partial charge in [-0.1, -0.05) is 12.5 Å². The second-order valence-corrected chi connectivity index (χ2v) is 4.67. The summed E-state index contributed by atoms with van der Waals surface area (Å²) in [5, 5.41) is 0. The molecule has 0 aromatic carbocycles. The molecule has 0 spiro atoms. The summed E-state index contributed by atoms with van der Waals surface area (Å²) in [6, 6.07) is 1.41. The Kier molecular flexibility index (Phi) is 5.00. The molecule has 0 bridgehead atoms. The smallest absolute Gasteiger partial charge is 0.0598 e. The van der Waals surface area contributed by atoms with Crippen LogP contribution in [0.4, 0.5) is 0 Å². The summed E-state index contributed by atoms with van der Waals surface area (Å²) in [7, 11) is 1.34. The number of rotatable bonds is 4. The van der Waals surface area contributed by atoms with Gasteiger partial charge >= 0.3 is 0 Å². The monoisotopic (exact) mass is 160 g/mol. The van der Waals surface area contributed by atoms with Crippen LogP contribution in [0.1, 0.15) is 33.6 Å². The van der Waals surface area contributed by atoms with Crippen molar-refractivity contribution in [3.63, 3.8) is 0 Å². The Morgan fingerprint density at radius 2 is 1.80 bits per heavy atom. The molecule has 0 aromatic rings. The third-order valence-electron chi connectivity index (χ3n) is 1.28. The molecule has 62 valence electrons. The van der Waals surface area contributed by atoms with Crippen LogP contribution in [0.3, 0.4) is 0 Å². The van der Waals surface area contributed by atoms with Crippen LogP contribution in [-0.4, -0.2) is 22.5 Å². The van der Waals surface area contributed by atoms with E-state index >= 15 is 0 Å². The lowest BCUT2D eigenvalue weighted by molar-refractivity contribution is -0.00414. The van der Waals surface area contributed by atoms with E-state index in [1.165, 1.54) is 29.1 Å². The lowest BCUT2D eigenvalue weighted by atomic mass is 10.2. The van der Waals surface area contributed by atoms with E-state index in [0.717, 1.165) is 6.61 Å². The first kappa shape index (κ1) is 10.2. The molecule has 0 amide bonds. The van der Waals surface area contributed by atoms with Crippen molar-refractivity contribution in [2.45, 2.75) is 45.3 Å². The van der Waals surface area contributed by atoms with E-state index in [2.05, 4.69) is 20.8 Å². The fourth-order valence-corrected chi connectivity index (χ4v) is 1.23. The topological polar surface area (TPSA) is 9.23 Å². The average molecular weight is 160 g/mol. The highest BCUT2D eigenvalue weighted by Crippen LogP contribution is 2.07. The Morgan fingerprint density at radius 3 is 2.20 bits per heavy atom. The molecule has 0 N–H and O–H groups in total. The summed E-state index contributed by atoms with van der Waals surface area (Å²) < 4.78 is 5.55. The molecule has 0 aliphatic rings. The zero-order chi connectivity index (χ0) is 8.04. The van der Waals surface area contributed by atoms with Gasteiger partial charge in [0, 0.05) is 16.8 Å². The van der Waals surface area contributed by atoms with Gasteiger partial charge in [0.15, 0.2) is 0 Å². The van der Waals surface area contributed by atoms with E-state index in [0.29, 0.717) is 0 Å². The van der Waals surface area contributed by atoms with E-state index in [9.17, 15) is 0 Å². The number of hydrogen-bond donors (Lipinski definition) is 0. The maximum atomic E-state index is 5.55. The highest BCUT2D eigenvalue weighted by molar-refractivity contribution is 6.08. The van der Waals surface area contributed by atoms with E-state index in [4.69, 9.17) is 4.74 Å². The largest absolute Gasteiger partial charge is 0.376 e. The summed E-state index contributed by atoms with van der Waals surface area (Å²) in [6.07, 6.45) is 2.59. The molecule has 0 aromatic heterocycles. The highest BCUT2D eigenvalue weighted by Gasteiger charge is 2.08. The molecule has 0 unspecified atom stereocenters. The Hall–Kier alpha value is 0.177. The molecule has 10 heavy (non-hydrogen) atoms. The first-order valence-electron chi connectivity index (χ1n) is 4.20. The van der Waals surface area contributed by atoms with Gasteiger partial charge in [0.05, 0.1) is 5.60 Å². The summed E-state index contributed by atoms with van der Waals surface area (Å²) >= 11 is 0. The Balaban J connectivity index is 3.04. The zero-order valence-electron chi connectivity index (χ0n) is 7.74. The van der Waals surface area contributed by atoms with Crippen LogP contribution in [0.2, 0.25) is 6.04 Å². The summed E-state index contributed by atoms with van der Waals surface area (Å²) in [5.74, 6) is 0. The summed E-state index contributed by atoms with van der Waals surface area (Å²) in [5.41, 5.74) is 0.0607. The first-order chi connectivity index (χ1) is 4.56. The van der Waals surface area contributed by atoms with Crippen molar-refractivity contribution in [2.24, 2.45) is 0 Å². The average Bonchev–Trinajstić information content (AvgIpc) is 1.78. The minimum absolute atomic E-state index is 0.0607. The van der Waals surface area contributed by atoms with Crippen molar-refractivity contribution in [2.75, 3.05) is 6.61 Å². The van der Waals surface area contributed by atoms with Crippen LogP contribution in [0.15, 0.2) is 0 Å². The number of ether oxygens (including phenoxy) is 1. The second kappa shape index (κ2) is 4.91. The van der Waals surface area contributed by atoms with Crippen molar-refractivity contribution < 1.29 is 4.74 Å². The maximum absolute atomic E-state index is 5.55. The van der Waals surface area contributed by atoms with E-state index in [1.54, 1.807) is 0 Å². The SMILES string of the molecule is CC(C)(C)OCCCC[SiH3]. The van der Waals surface area contributed by atoms with Crippen molar-refractivity contribution in [3.8, 4) is 0 Å². The fraction of sp³-hybridized carbons (Fsp3) is 1.00. The van der Waals surface area contributed by atoms with Gasteiger partial charge in [0.2, 0.25) is 0 Å². The van der Waals surface area contributed by atoms with Crippen molar-refractivity contribution >= 4 is 10.2 Å². The van der Waals surface area contributed by atoms with Crippen LogP contribution in [0.5, 0.6) is 0 Å². The zero-order valence-corrected chi connectivity index (χ0v) is 9.74. The van der Waals surface area contributed by atoms with Crippen molar-refractivity contribution in [3.05, 3.63) is 0 Å². The van der Waals surface area contributed by atoms with E-state index < -0.39 is 0 Å². The van der Waals surface area contributed by atoms with Crippen LogP contribution < -0.4 is 0 Å². The molecular weight excluding hydrogens is 140 g/mol. The highest BCUT2D eigenvalue weighted by atomic mass is 28.1. The molecule has 0 aliphatic heterocycles. The lowest BCUT2D eigenvalue weighted by Crippen LogP contribution is -2.19. The molecule has 0 fully saturated rings. The second-order valence-electron chi connectivity index (χ2n) is 3.67. The Bertz CT molecular complexity index is 75.8. The van der Waals surface area contributed by atoms with Crippen molar-refractivity contribution in [1.29, 1.82) is 0 Å². The van der Waals surface area contributed by atoms with Gasteiger partial charge in [-0.2, -0.15) is 0 Å². The van der Waals surface area contributed by atoms with Gasteiger partial charge in [-0.25, -0.2) is 0 Å². The maximum Gasteiger partial charge on any atom is 0.0598 e. The van der Waals surface area contributed by atoms with Gasteiger partial charge < -0.3 is 4.74 Å². The molecule has 0 saturated heterocycles. The standard InChI is InChI=1S/C8H20OSi/c1-8(2,3)9-6-4-5-7-10/h4-7H2,1-3,10H3.